The van der Waals surface area contributed by atoms with Crippen molar-refractivity contribution in [3.63, 3.8) is 0 Å². The van der Waals surface area contributed by atoms with Crippen LogP contribution in [-0.4, -0.2) is 19.5 Å². The van der Waals surface area contributed by atoms with Crippen LogP contribution in [-0.2, 0) is 18.8 Å². The van der Waals surface area contributed by atoms with E-state index in [1.807, 2.05) is 0 Å². The fraction of sp³-hybridized carbons (Fsp3) is 0.269. The van der Waals surface area contributed by atoms with E-state index in [0.29, 0.717) is 41.9 Å². The number of aromatic nitrogens is 4. The third-order valence-electron chi connectivity index (χ3n) is 6.37. The second-order valence-electron chi connectivity index (χ2n) is 9.10. The third-order valence-corrected chi connectivity index (χ3v) is 6.37. The number of nitrogens with one attached hydrogen (secondary N) is 1. The highest BCUT2D eigenvalue weighted by molar-refractivity contribution is 5.57. The van der Waals surface area contributed by atoms with Crippen molar-refractivity contribution in [2.24, 2.45) is 0 Å². The maximum Gasteiger partial charge on any atom is 0.416 e. The summed E-state index contributed by atoms with van der Waals surface area (Å²) in [6.45, 7) is 1.77. The fourth-order valence-corrected chi connectivity index (χ4v) is 4.59. The van der Waals surface area contributed by atoms with E-state index < -0.39 is 35.2 Å². The van der Waals surface area contributed by atoms with Crippen LogP contribution in [0.1, 0.15) is 52.4 Å². The average Bonchev–Trinajstić information content (AvgIpc) is 3.28. The van der Waals surface area contributed by atoms with Gasteiger partial charge in [0, 0.05) is 24.0 Å². The first kappa shape index (κ1) is 25.7. The van der Waals surface area contributed by atoms with E-state index in [1.54, 1.807) is 19.2 Å². The lowest BCUT2D eigenvalue weighted by Gasteiger charge is -2.26. The Hall–Kier alpha value is -3.96. The van der Waals surface area contributed by atoms with Crippen LogP contribution in [0.3, 0.4) is 0 Å². The van der Waals surface area contributed by atoms with Crippen LogP contribution in [0.4, 0.5) is 42.4 Å². The van der Waals surface area contributed by atoms with Gasteiger partial charge in [-0.25, -0.2) is 19.3 Å². The summed E-state index contributed by atoms with van der Waals surface area (Å²) >= 11 is 0. The van der Waals surface area contributed by atoms with Gasteiger partial charge in [0.2, 0.25) is 5.95 Å². The lowest BCUT2D eigenvalue weighted by Crippen LogP contribution is -2.18. The molecular weight excluding hydrogens is 515 g/mol. The quantitative estimate of drug-likeness (QED) is 0.278. The zero-order valence-corrected chi connectivity index (χ0v) is 19.8. The van der Waals surface area contributed by atoms with E-state index in [4.69, 9.17) is 0 Å². The molecule has 0 bridgehead atoms. The van der Waals surface area contributed by atoms with Gasteiger partial charge in [0.25, 0.3) is 0 Å². The lowest BCUT2D eigenvalue weighted by atomic mass is 9.81. The molecule has 198 valence electrons. The molecule has 12 heteroatoms. The second-order valence-corrected chi connectivity index (χ2v) is 9.10. The lowest BCUT2D eigenvalue weighted by molar-refractivity contribution is -0.143. The Morgan fingerprint density at radius 1 is 0.947 bits per heavy atom. The number of nitrogens with zero attached hydrogens (tertiary/aromatic N) is 4. The summed E-state index contributed by atoms with van der Waals surface area (Å²) < 4.78 is 96.9. The first-order valence-corrected chi connectivity index (χ1v) is 11.6. The van der Waals surface area contributed by atoms with E-state index in [0.717, 1.165) is 12.1 Å². The molecule has 1 atom stereocenters. The molecule has 0 aliphatic heterocycles. The molecule has 0 spiro atoms. The molecule has 4 aromatic rings. The Bertz CT molecular complexity index is 1460. The minimum absolute atomic E-state index is 0.0456. The highest BCUT2D eigenvalue weighted by atomic mass is 19.4. The normalized spacial score (nSPS) is 15.8. The van der Waals surface area contributed by atoms with Gasteiger partial charge in [-0.2, -0.15) is 26.3 Å². The van der Waals surface area contributed by atoms with Crippen LogP contribution in [0.15, 0.2) is 55.1 Å². The number of hydrogen-bond donors (Lipinski definition) is 1. The Labute approximate surface area is 212 Å². The Morgan fingerprint density at radius 2 is 1.66 bits per heavy atom. The van der Waals surface area contributed by atoms with Crippen LogP contribution < -0.4 is 5.32 Å². The maximum atomic E-state index is 14.8. The highest BCUT2D eigenvalue weighted by Gasteiger charge is 2.38. The van der Waals surface area contributed by atoms with Crippen molar-refractivity contribution in [2.75, 3.05) is 5.32 Å². The zero-order chi connectivity index (χ0) is 27.2. The molecule has 2 aromatic carbocycles. The number of rotatable bonds is 4. The van der Waals surface area contributed by atoms with E-state index in [9.17, 15) is 30.7 Å². The molecule has 1 N–H and O–H groups in total. The minimum atomic E-state index is -4.95. The minimum Gasteiger partial charge on any atom is -0.324 e. The molecular formula is C26H20F7N5. The van der Waals surface area contributed by atoms with Crippen molar-refractivity contribution >= 4 is 11.6 Å². The molecule has 5 nitrogen and oxygen atoms in total. The van der Waals surface area contributed by atoms with E-state index in [1.165, 1.54) is 29.2 Å². The van der Waals surface area contributed by atoms with E-state index in [-0.39, 0.29) is 23.3 Å². The van der Waals surface area contributed by atoms with E-state index >= 15 is 0 Å². The van der Waals surface area contributed by atoms with Crippen molar-refractivity contribution in [2.45, 2.75) is 44.5 Å². The number of benzene rings is 2. The van der Waals surface area contributed by atoms with E-state index in [2.05, 4.69) is 20.3 Å². The fourth-order valence-electron chi connectivity index (χ4n) is 4.59. The summed E-state index contributed by atoms with van der Waals surface area (Å²) in [6.07, 6.45) is -3.86. The van der Waals surface area contributed by atoms with Gasteiger partial charge in [-0.3, -0.25) is 0 Å². The second kappa shape index (κ2) is 9.41. The van der Waals surface area contributed by atoms with Gasteiger partial charge in [0.1, 0.15) is 5.82 Å². The van der Waals surface area contributed by atoms with Gasteiger partial charge >= 0.3 is 12.4 Å². The molecule has 2 aromatic heterocycles. The topological polar surface area (TPSA) is 55.6 Å². The summed E-state index contributed by atoms with van der Waals surface area (Å²) in [5.41, 5.74) is -0.588. The van der Waals surface area contributed by atoms with Gasteiger partial charge in [-0.05, 0) is 73.7 Å². The zero-order valence-electron chi connectivity index (χ0n) is 19.8. The molecule has 1 aliphatic carbocycles. The molecule has 0 saturated heterocycles. The molecule has 0 fully saturated rings. The van der Waals surface area contributed by atoms with Crippen LogP contribution >= 0.6 is 0 Å². The number of aryl methyl sites for hydroxylation is 2. The Morgan fingerprint density at radius 3 is 2.26 bits per heavy atom. The smallest absolute Gasteiger partial charge is 0.324 e. The molecule has 2 heterocycles. The predicted molar refractivity (Wildman–Crippen MR) is 125 cm³/mol. The molecule has 38 heavy (non-hydrogen) atoms. The average molecular weight is 535 g/mol. The number of alkyl halides is 6. The van der Waals surface area contributed by atoms with Crippen molar-refractivity contribution in [1.29, 1.82) is 0 Å². The molecule has 0 amide bonds. The van der Waals surface area contributed by atoms with Crippen LogP contribution in [0.25, 0.3) is 5.69 Å². The predicted octanol–water partition coefficient (Wildman–Crippen LogP) is 7.36. The van der Waals surface area contributed by atoms with Gasteiger partial charge in [-0.15, -0.1) is 0 Å². The third kappa shape index (κ3) is 5.20. The van der Waals surface area contributed by atoms with Crippen LogP contribution in [0.5, 0.6) is 0 Å². The molecule has 0 saturated carbocycles. The SMILES string of the molecule is Cc1cn(-c2ccc(Nc3ncc4c(n3)C(c3cc(C(F)(F)F)cc(C(F)(F)F)c3)CCC4)cc2F)cn1. The van der Waals surface area contributed by atoms with Crippen molar-refractivity contribution in [3.8, 4) is 5.69 Å². The van der Waals surface area contributed by atoms with Crippen molar-refractivity contribution in [1.82, 2.24) is 19.5 Å². The van der Waals surface area contributed by atoms with Gasteiger partial charge in [0.15, 0.2) is 0 Å². The van der Waals surface area contributed by atoms with Crippen molar-refractivity contribution < 1.29 is 30.7 Å². The molecule has 5 rings (SSSR count). The summed E-state index contributed by atoms with van der Waals surface area (Å²) in [6, 6.07) is 5.96. The first-order chi connectivity index (χ1) is 17.9. The van der Waals surface area contributed by atoms with Gasteiger partial charge in [-0.1, -0.05) is 0 Å². The first-order valence-electron chi connectivity index (χ1n) is 11.6. The molecule has 1 aliphatic rings. The number of anilines is 2. The number of halogens is 7. The number of hydrogen-bond acceptors (Lipinski definition) is 4. The molecule has 0 radical (unpaired) electrons. The summed E-state index contributed by atoms with van der Waals surface area (Å²) in [5, 5.41) is 2.87. The Kier molecular flexibility index (Phi) is 6.36. The molecule has 1 unspecified atom stereocenters. The maximum absolute atomic E-state index is 14.8. The number of fused-ring (bicyclic) bond motifs is 1. The van der Waals surface area contributed by atoms with Crippen molar-refractivity contribution in [3.05, 3.63) is 94.6 Å². The van der Waals surface area contributed by atoms with Gasteiger partial charge in [0.05, 0.1) is 34.5 Å². The summed E-state index contributed by atoms with van der Waals surface area (Å²) in [4.78, 5) is 12.7. The monoisotopic (exact) mass is 535 g/mol. The largest absolute Gasteiger partial charge is 0.416 e. The van der Waals surface area contributed by atoms with Crippen LogP contribution in [0, 0.1) is 12.7 Å². The summed E-state index contributed by atoms with van der Waals surface area (Å²) in [7, 11) is 0. The Balaban J connectivity index is 1.49. The summed E-state index contributed by atoms with van der Waals surface area (Å²) in [5.74, 6) is -1.30. The standard InChI is InChI=1S/C26H20F7N5/c1-14-12-38(13-35-14)22-6-5-19(10-21(22)27)36-24-34-11-15-3-2-4-20(23(15)37-24)16-7-17(25(28,29)30)9-18(8-16)26(31,32)33/h5-13,20H,2-4H2,1H3,(H,34,36,37). The number of imidazole rings is 1. The van der Waals surface area contributed by atoms with Crippen LogP contribution in [0.2, 0.25) is 0 Å². The highest BCUT2D eigenvalue weighted by Crippen LogP contribution is 2.42. The van der Waals surface area contributed by atoms with Gasteiger partial charge < -0.3 is 9.88 Å².